The summed E-state index contributed by atoms with van der Waals surface area (Å²) in [6.07, 6.45) is 6.06. The fourth-order valence-electron chi connectivity index (χ4n) is 2.87. The molecule has 1 amide bonds. The Morgan fingerprint density at radius 2 is 1.90 bits per heavy atom. The van der Waals surface area contributed by atoms with Gasteiger partial charge in [0, 0.05) is 30.5 Å². The van der Waals surface area contributed by atoms with Crippen LogP contribution in [0, 0.1) is 5.82 Å². The minimum atomic E-state index is -0.227. The highest BCUT2D eigenvalue weighted by Gasteiger charge is 2.29. The van der Waals surface area contributed by atoms with Crippen molar-refractivity contribution in [1.29, 1.82) is 0 Å². The summed E-state index contributed by atoms with van der Waals surface area (Å²) >= 11 is 0. The standard InChI is InChI=1S/C17H17FN2O/c18-15-5-3-13(4-6-15)12-16-2-1-11-20(16)17(21)14-7-9-19-10-8-14/h3-10,16H,1-2,11-12H2. The molecule has 1 unspecified atom stereocenters. The smallest absolute Gasteiger partial charge is 0.254 e. The van der Waals surface area contributed by atoms with Gasteiger partial charge in [0.1, 0.15) is 5.82 Å². The number of amides is 1. The van der Waals surface area contributed by atoms with Gasteiger partial charge in [-0.1, -0.05) is 12.1 Å². The quantitative estimate of drug-likeness (QED) is 0.868. The first kappa shape index (κ1) is 13.7. The molecule has 0 spiro atoms. The third-order valence-electron chi connectivity index (χ3n) is 3.95. The highest BCUT2D eigenvalue weighted by molar-refractivity contribution is 5.94. The fraction of sp³-hybridized carbons (Fsp3) is 0.294. The largest absolute Gasteiger partial charge is 0.335 e. The van der Waals surface area contributed by atoms with E-state index in [0.29, 0.717) is 5.56 Å². The van der Waals surface area contributed by atoms with E-state index in [2.05, 4.69) is 4.98 Å². The van der Waals surface area contributed by atoms with Crippen molar-refractivity contribution in [2.45, 2.75) is 25.3 Å². The summed E-state index contributed by atoms with van der Waals surface area (Å²) in [5.74, 6) is -0.170. The Kier molecular flexibility index (Phi) is 3.95. The molecule has 0 aliphatic carbocycles. The van der Waals surface area contributed by atoms with Crippen molar-refractivity contribution in [3.05, 3.63) is 65.7 Å². The zero-order chi connectivity index (χ0) is 14.7. The third kappa shape index (κ3) is 3.10. The number of carbonyl (C=O) groups is 1. The SMILES string of the molecule is O=C(c1ccncc1)N1CCCC1Cc1ccc(F)cc1. The minimum absolute atomic E-state index is 0.0574. The first-order chi connectivity index (χ1) is 10.2. The lowest BCUT2D eigenvalue weighted by molar-refractivity contribution is 0.0736. The second-order valence-corrected chi connectivity index (χ2v) is 5.36. The first-order valence-corrected chi connectivity index (χ1v) is 7.19. The Balaban J connectivity index is 1.73. The number of carbonyl (C=O) groups excluding carboxylic acids is 1. The minimum Gasteiger partial charge on any atom is -0.335 e. The molecule has 1 aliphatic heterocycles. The molecular formula is C17H17FN2O. The molecule has 2 aromatic rings. The molecule has 0 saturated carbocycles. The summed E-state index contributed by atoms with van der Waals surface area (Å²) in [7, 11) is 0. The Morgan fingerprint density at radius 1 is 1.19 bits per heavy atom. The van der Waals surface area contributed by atoms with Gasteiger partial charge in [-0.15, -0.1) is 0 Å². The summed E-state index contributed by atoms with van der Waals surface area (Å²) in [6, 6.07) is 10.2. The molecule has 1 saturated heterocycles. The number of likely N-dealkylation sites (tertiary alicyclic amines) is 1. The molecule has 0 bridgehead atoms. The molecule has 2 heterocycles. The third-order valence-corrected chi connectivity index (χ3v) is 3.95. The van der Waals surface area contributed by atoms with E-state index >= 15 is 0 Å². The number of hydrogen-bond donors (Lipinski definition) is 0. The average Bonchev–Trinajstić information content (AvgIpc) is 2.98. The van der Waals surface area contributed by atoms with E-state index in [9.17, 15) is 9.18 Å². The van der Waals surface area contributed by atoms with Crippen LogP contribution in [0.3, 0.4) is 0 Å². The molecule has 0 radical (unpaired) electrons. The van der Waals surface area contributed by atoms with Crippen LogP contribution in [-0.2, 0) is 6.42 Å². The number of benzene rings is 1. The van der Waals surface area contributed by atoms with Gasteiger partial charge in [-0.2, -0.15) is 0 Å². The van der Waals surface area contributed by atoms with Crippen LogP contribution in [0.2, 0.25) is 0 Å². The van der Waals surface area contributed by atoms with Crippen LogP contribution in [0.4, 0.5) is 4.39 Å². The Bertz CT molecular complexity index is 612. The van der Waals surface area contributed by atoms with Gasteiger partial charge in [0.2, 0.25) is 0 Å². The van der Waals surface area contributed by atoms with Gasteiger partial charge in [-0.3, -0.25) is 9.78 Å². The van der Waals surface area contributed by atoms with Gasteiger partial charge in [-0.05, 0) is 49.1 Å². The van der Waals surface area contributed by atoms with E-state index in [-0.39, 0.29) is 17.8 Å². The summed E-state index contributed by atoms with van der Waals surface area (Å²) in [5, 5.41) is 0. The van der Waals surface area contributed by atoms with E-state index in [1.165, 1.54) is 12.1 Å². The number of nitrogens with zero attached hydrogens (tertiary/aromatic N) is 2. The van der Waals surface area contributed by atoms with Crippen molar-refractivity contribution in [1.82, 2.24) is 9.88 Å². The number of hydrogen-bond acceptors (Lipinski definition) is 2. The van der Waals surface area contributed by atoms with Gasteiger partial charge >= 0.3 is 0 Å². The van der Waals surface area contributed by atoms with Crippen molar-refractivity contribution < 1.29 is 9.18 Å². The van der Waals surface area contributed by atoms with Gasteiger partial charge < -0.3 is 4.90 Å². The molecule has 1 aliphatic rings. The normalized spacial score (nSPS) is 18.0. The predicted octanol–water partition coefficient (Wildman–Crippen LogP) is 3.07. The number of aromatic nitrogens is 1. The molecule has 1 aromatic carbocycles. The molecular weight excluding hydrogens is 267 g/mol. The van der Waals surface area contributed by atoms with Gasteiger partial charge in [-0.25, -0.2) is 4.39 Å². The maximum atomic E-state index is 13.0. The Morgan fingerprint density at radius 3 is 2.62 bits per heavy atom. The van der Waals surface area contributed by atoms with Crippen molar-refractivity contribution in [2.75, 3.05) is 6.54 Å². The fourth-order valence-corrected chi connectivity index (χ4v) is 2.87. The monoisotopic (exact) mass is 284 g/mol. The number of halogens is 1. The summed E-state index contributed by atoms with van der Waals surface area (Å²) < 4.78 is 13.0. The van der Waals surface area contributed by atoms with Gasteiger partial charge in [0.15, 0.2) is 0 Å². The van der Waals surface area contributed by atoms with Crippen molar-refractivity contribution in [2.24, 2.45) is 0 Å². The maximum absolute atomic E-state index is 13.0. The van der Waals surface area contributed by atoms with E-state index in [0.717, 1.165) is 31.4 Å². The molecule has 0 N–H and O–H groups in total. The second-order valence-electron chi connectivity index (χ2n) is 5.36. The molecule has 4 heteroatoms. The van der Waals surface area contributed by atoms with Gasteiger partial charge in [0.25, 0.3) is 5.91 Å². The summed E-state index contributed by atoms with van der Waals surface area (Å²) in [6.45, 7) is 0.785. The molecule has 108 valence electrons. The van der Waals surface area contributed by atoms with E-state index in [4.69, 9.17) is 0 Å². The van der Waals surface area contributed by atoms with Crippen molar-refractivity contribution in [3.8, 4) is 0 Å². The molecule has 21 heavy (non-hydrogen) atoms. The number of rotatable bonds is 3. The Labute approximate surface area is 123 Å². The van der Waals surface area contributed by atoms with Crippen LogP contribution in [0.25, 0.3) is 0 Å². The topological polar surface area (TPSA) is 33.2 Å². The van der Waals surface area contributed by atoms with Crippen LogP contribution in [-0.4, -0.2) is 28.4 Å². The number of pyridine rings is 1. The van der Waals surface area contributed by atoms with E-state index in [1.807, 2.05) is 4.90 Å². The molecule has 1 aromatic heterocycles. The van der Waals surface area contributed by atoms with Crippen LogP contribution < -0.4 is 0 Å². The molecule has 1 fully saturated rings. The molecule has 3 nitrogen and oxygen atoms in total. The average molecular weight is 284 g/mol. The zero-order valence-corrected chi connectivity index (χ0v) is 11.7. The Hall–Kier alpha value is -2.23. The van der Waals surface area contributed by atoms with Gasteiger partial charge in [0.05, 0.1) is 0 Å². The predicted molar refractivity (Wildman–Crippen MR) is 78.4 cm³/mol. The molecule has 1 atom stereocenters. The van der Waals surface area contributed by atoms with Crippen LogP contribution in [0.5, 0.6) is 0 Å². The van der Waals surface area contributed by atoms with Crippen LogP contribution >= 0.6 is 0 Å². The summed E-state index contributed by atoms with van der Waals surface area (Å²) in [5.41, 5.74) is 1.74. The lowest BCUT2D eigenvalue weighted by Gasteiger charge is -2.25. The second kappa shape index (κ2) is 6.04. The highest BCUT2D eigenvalue weighted by atomic mass is 19.1. The molecule has 3 rings (SSSR count). The van der Waals surface area contributed by atoms with E-state index in [1.54, 1.807) is 36.7 Å². The van der Waals surface area contributed by atoms with E-state index < -0.39 is 0 Å². The summed E-state index contributed by atoms with van der Waals surface area (Å²) in [4.78, 5) is 18.4. The highest BCUT2D eigenvalue weighted by Crippen LogP contribution is 2.23. The van der Waals surface area contributed by atoms with Crippen molar-refractivity contribution >= 4 is 5.91 Å². The first-order valence-electron chi connectivity index (χ1n) is 7.19. The van der Waals surface area contributed by atoms with Crippen LogP contribution in [0.15, 0.2) is 48.8 Å². The zero-order valence-electron chi connectivity index (χ0n) is 11.7. The van der Waals surface area contributed by atoms with Crippen LogP contribution in [0.1, 0.15) is 28.8 Å². The lowest BCUT2D eigenvalue weighted by Crippen LogP contribution is -2.36. The maximum Gasteiger partial charge on any atom is 0.254 e. The van der Waals surface area contributed by atoms with Crippen molar-refractivity contribution in [3.63, 3.8) is 0 Å². The lowest BCUT2D eigenvalue weighted by atomic mass is 10.0.